The number of aromatic nitrogens is 1. The molecule has 0 atom stereocenters. The number of nitrogens with zero attached hydrogens (tertiary/aromatic N) is 3. The van der Waals surface area contributed by atoms with Gasteiger partial charge in [-0.25, -0.2) is 0 Å². The van der Waals surface area contributed by atoms with Crippen molar-refractivity contribution in [2.24, 2.45) is 11.8 Å². The number of carbonyl (C=O) groups excluding carboxylic acids is 1. The monoisotopic (exact) mass is 275 g/mol. The molecule has 1 saturated heterocycles. The second-order valence-electron chi connectivity index (χ2n) is 5.61. The van der Waals surface area contributed by atoms with E-state index in [1.165, 1.54) is 19.4 Å². The van der Waals surface area contributed by atoms with Crippen LogP contribution in [-0.2, 0) is 0 Å². The summed E-state index contributed by atoms with van der Waals surface area (Å²) in [6.45, 7) is 4.71. The summed E-state index contributed by atoms with van der Waals surface area (Å²) in [5, 5.41) is 0. The van der Waals surface area contributed by atoms with Crippen molar-refractivity contribution in [1.82, 2.24) is 14.8 Å². The van der Waals surface area contributed by atoms with Crippen LogP contribution in [0.25, 0.3) is 0 Å². The minimum atomic E-state index is -0.00632. The van der Waals surface area contributed by atoms with Crippen molar-refractivity contribution >= 4 is 11.6 Å². The highest BCUT2D eigenvalue weighted by Gasteiger charge is 2.28. The molecule has 1 aromatic heterocycles. The number of piperazine rings is 1. The smallest absolute Gasteiger partial charge is 0.272 e. The van der Waals surface area contributed by atoms with E-state index < -0.39 is 0 Å². The number of nitrogens with two attached hydrogens (primary N) is 1. The summed E-state index contributed by atoms with van der Waals surface area (Å²) in [6, 6.07) is 3.43. The van der Waals surface area contributed by atoms with Gasteiger partial charge in [-0.2, -0.15) is 0 Å². The molecule has 108 valence electrons. The van der Waals surface area contributed by atoms with Gasteiger partial charge in [0.2, 0.25) is 0 Å². The first-order valence-corrected chi connectivity index (χ1v) is 7.20. The van der Waals surface area contributed by atoms with E-state index in [1.807, 2.05) is 4.90 Å². The number of nitrogen functional groups attached to an aromatic ring is 1. The van der Waals surface area contributed by atoms with Gasteiger partial charge in [0, 0.05) is 38.9 Å². The highest BCUT2D eigenvalue weighted by atomic mass is 16.2. The van der Waals surface area contributed by atoms with E-state index >= 15 is 0 Å². The molecule has 2 fully saturated rings. The number of rotatable bonds is 4. The second kappa shape index (κ2) is 5.76. The first-order valence-electron chi connectivity index (χ1n) is 7.20. The van der Waals surface area contributed by atoms with E-state index in [-0.39, 0.29) is 5.91 Å². The zero-order valence-electron chi connectivity index (χ0n) is 11.6. The van der Waals surface area contributed by atoms with Crippen molar-refractivity contribution in [3.63, 3.8) is 0 Å². The van der Waals surface area contributed by atoms with E-state index in [1.54, 1.807) is 18.3 Å². The molecular formula is C14H21N5O. The highest BCUT2D eigenvalue weighted by Crippen LogP contribution is 2.29. The second-order valence-corrected chi connectivity index (χ2v) is 5.61. The zero-order chi connectivity index (χ0) is 13.9. The lowest BCUT2D eigenvalue weighted by Crippen LogP contribution is -2.49. The lowest BCUT2D eigenvalue weighted by Gasteiger charge is -2.34. The van der Waals surface area contributed by atoms with Gasteiger partial charge in [-0.15, -0.1) is 0 Å². The Bertz CT molecular complexity index is 480. The SMILES string of the molecule is NNc1ccnc(C(=O)N2CCN(CC3CC3)CC2)c1. The molecule has 1 aliphatic carbocycles. The molecule has 3 rings (SSSR count). The maximum Gasteiger partial charge on any atom is 0.272 e. The third-order valence-corrected chi connectivity index (χ3v) is 4.02. The van der Waals surface area contributed by atoms with Crippen molar-refractivity contribution in [3.8, 4) is 0 Å². The van der Waals surface area contributed by atoms with Gasteiger partial charge in [-0.05, 0) is 30.9 Å². The minimum absolute atomic E-state index is 0.00632. The van der Waals surface area contributed by atoms with Gasteiger partial charge in [-0.3, -0.25) is 20.5 Å². The Labute approximate surface area is 118 Å². The molecule has 3 N–H and O–H groups in total. The number of hydrogen-bond acceptors (Lipinski definition) is 5. The summed E-state index contributed by atoms with van der Waals surface area (Å²) in [5.74, 6) is 6.26. The maximum atomic E-state index is 12.4. The Morgan fingerprint density at radius 2 is 2.10 bits per heavy atom. The summed E-state index contributed by atoms with van der Waals surface area (Å²) < 4.78 is 0. The molecule has 0 unspecified atom stereocenters. The van der Waals surface area contributed by atoms with Crippen LogP contribution in [0.2, 0.25) is 0 Å². The molecule has 1 aromatic rings. The Morgan fingerprint density at radius 1 is 1.35 bits per heavy atom. The van der Waals surface area contributed by atoms with Crippen molar-refractivity contribution in [1.29, 1.82) is 0 Å². The Balaban J connectivity index is 1.57. The van der Waals surface area contributed by atoms with Crippen LogP contribution in [0.5, 0.6) is 0 Å². The van der Waals surface area contributed by atoms with Crippen LogP contribution in [0.4, 0.5) is 5.69 Å². The zero-order valence-corrected chi connectivity index (χ0v) is 11.6. The lowest BCUT2D eigenvalue weighted by molar-refractivity contribution is 0.0626. The summed E-state index contributed by atoms with van der Waals surface area (Å²) >= 11 is 0. The van der Waals surface area contributed by atoms with E-state index in [0.717, 1.165) is 32.1 Å². The summed E-state index contributed by atoms with van der Waals surface area (Å²) in [7, 11) is 0. The van der Waals surface area contributed by atoms with Crippen LogP contribution in [0.3, 0.4) is 0 Å². The number of hydrazine groups is 1. The molecule has 2 heterocycles. The fourth-order valence-corrected chi connectivity index (χ4v) is 2.60. The van der Waals surface area contributed by atoms with Gasteiger partial charge in [0.15, 0.2) is 0 Å². The molecular weight excluding hydrogens is 254 g/mol. The van der Waals surface area contributed by atoms with Crippen LogP contribution in [0.15, 0.2) is 18.3 Å². The van der Waals surface area contributed by atoms with Crippen molar-refractivity contribution in [2.45, 2.75) is 12.8 Å². The molecule has 2 aliphatic rings. The van der Waals surface area contributed by atoms with E-state index in [4.69, 9.17) is 5.84 Å². The van der Waals surface area contributed by atoms with Gasteiger partial charge in [0.25, 0.3) is 5.91 Å². The predicted octanol–water partition coefficient (Wildman–Crippen LogP) is 0.535. The molecule has 6 nitrogen and oxygen atoms in total. The van der Waals surface area contributed by atoms with Crippen molar-refractivity contribution in [2.75, 3.05) is 38.1 Å². The molecule has 1 amide bonds. The standard InChI is InChI=1S/C14H21N5O/c15-17-12-3-4-16-13(9-12)14(20)19-7-5-18(6-8-19)10-11-1-2-11/h3-4,9,11H,1-2,5-8,10,15H2,(H,16,17). The average Bonchev–Trinajstić information content (AvgIpc) is 3.31. The number of nitrogens with one attached hydrogen (secondary N) is 1. The third kappa shape index (κ3) is 3.08. The Hall–Kier alpha value is -1.66. The van der Waals surface area contributed by atoms with Crippen molar-refractivity contribution < 1.29 is 4.79 Å². The molecule has 0 aromatic carbocycles. The largest absolute Gasteiger partial charge is 0.335 e. The Morgan fingerprint density at radius 3 is 2.75 bits per heavy atom. The quantitative estimate of drug-likeness (QED) is 0.619. The lowest BCUT2D eigenvalue weighted by atomic mass is 10.2. The topological polar surface area (TPSA) is 74.5 Å². The highest BCUT2D eigenvalue weighted by molar-refractivity contribution is 5.93. The van der Waals surface area contributed by atoms with Crippen LogP contribution in [-0.4, -0.2) is 53.4 Å². The Kier molecular flexibility index (Phi) is 3.84. The summed E-state index contributed by atoms with van der Waals surface area (Å²) in [6.07, 6.45) is 4.36. The molecule has 1 aliphatic heterocycles. The molecule has 20 heavy (non-hydrogen) atoms. The normalized spacial score (nSPS) is 19.9. The number of carbonyl (C=O) groups is 1. The molecule has 0 spiro atoms. The number of hydrogen-bond donors (Lipinski definition) is 2. The van der Waals surface area contributed by atoms with Crippen LogP contribution in [0, 0.1) is 5.92 Å². The third-order valence-electron chi connectivity index (χ3n) is 4.02. The molecule has 0 bridgehead atoms. The first-order chi connectivity index (χ1) is 9.76. The molecule has 1 saturated carbocycles. The predicted molar refractivity (Wildman–Crippen MR) is 77.1 cm³/mol. The van der Waals surface area contributed by atoms with E-state index in [2.05, 4.69) is 15.3 Å². The first kappa shape index (κ1) is 13.3. The van der Waals surface area contributed by atoms with Crippen LogP contribution < -0.4 is 11.3 Å². The van der Waals surface area contributed by atoms with Crippen LogP contribution >= 0.6 is 0 Å². The van der Waals surface area contributed by atoms with Crippen LogP contribution in [0.1, 0.15) is 23.3 Å². The van der Waals surface area contributed by atoms with Gasteiger partial charge >= 0.3 is 0 Å². The number of amides is 1. The molecule has 0 radical (unpaired) electrons. The molecule has 6 heteroatoms. The number of pyridine rings is 1. The van der Waals surface area contributed by atoms with Gasteiger partial charge in [0.05, 0.1) is 5.69 Å². The fraction of sp³-hybridized carbons (Fsp3) is 0.571. The maximum absolute atomic E-state index is 12.4. The van der Waals surface area contributed by atoms with Crippen molar-refractivity contribution in [3.05, 3.63) is 24.0 Å². The number of anilines is 1. The summed E-state index contributed by atoms with van der Waals surface area (Å²) in [5.41, 5.74) is 3.70. The minimum Gasteiger partial charge on any atom is -0.335 e. The average molecular weight is 275 g/mol. The fourth-order valence-electron chi connectivity index (χ4n) is 2.60. The van der Waals surface area contributed by atoms with E-state index in [0.29, 0.717) is 11.4 Å². The summed E-state index contributed by atoms with van der Waals surface area (Å²) in [4.78, 5) is 20.9. The van der Waals surface area contributed by atoms with E-state index in [9.17, 15) is 4.79 Å². The van der Waals surface area contributed by atoms with Gasteiger partial charge < -0.3 is 10.3 Å². The van der Waals surface area contributed by atoms with Gasteiger partial charge in [0.1, 0.15) is 5.69 Å². The van der Waals surface area contributed by atoms with Gasteiger partial charge in [-0.1, -0.05) is 0 Å².